The molecule has 3 aromatic heterocycles. The van der Waals surface area contributed by atoms with Crippen LogP contribution < -0.4 is 5.32 Å². The number of piperazine rings is 1. The molecule has 3 aromatic rings. The first-order valence-corrected chi connectivity index (χ1v) is 10.7. The average Bonchev–Trinajstić information content (AvgIpc) is 3.53. The van der Waals surface area contributed by atoms with E-state index in [1.165, 1.54) is 11.1 Å². The number of aliphatic imine (C=N–C) groups is 1. The van der Waals surface area contributed by atoms with Crippen molar-refractivity contribution < 1.29 is 9.21 Å². The van der Waals surface area contributed by atoms with Gasteiger partial charge in [-0.25, -0.2) is 4.99 Å². The van der Waals surface area contributed by atoms with Crippen LogP contribution in [-0.4, -0.2) is 62.6 Å². The number of thiophene rings is 1. The fraction of sp³-hybridized carbons (Fsp3) is 0.400. The smallest absolute Gasteiger partial charge is 0.289 e. The molecule has 0 radical (unpaired) electrons. The lowest BCUT2D eigenvalue weighted by Gasteiger charge is -2.36. The van der Waals surface area contributed by atoms with E-state index in [1.807, 2.05) is 29.5 Å². The van der Waals surface area contributed by atoms with Crippen LogP contribution in [0.15, 0.2) is 45.3 Å². The molecule has 0 saturated carbocycles. The van der Waals surface area contributed by atoms with Gasteiger partial charge in [-0.05, 0) is 30.5 Å². The highest BCUT2D eigenvalue weighted by molar-refractivity contribution is 14.0. The number of halogens is 1. The van der Waals surface area contributed by atoms with Gasteiger partial charge in [-0.3, -0.25) is 4.79 Å². The zero-order valence-electron chi connectivity index (χ0n) is 17.5. The molecule has 0 atom stereocenters. The van der Waals surface area contributed by atoms with E-state index in [-0.39, 0.29) is 29.9 Å². The lowest BCUT2D eigenvalue weighted by atomic mass is 10.3. The minimum atomic E-state index is -0.0701. The molecule has 166 valence electrons. The average molecular weight is 555 g/mol. The predicted molar refractivity (Wildman–Crippen MR) is 130 cm³/mol. The van der Waals surface area contributed by atoms with Crippen molar-refractivity contribution in [3.8, 4) is 0 Å². The largest absolute Gasteiger partial charge is 0.459 e. The van der Waals surface area contributed by atoms with E-state index in [4.69, 9.17) is 9.41 Å². The molecule has 1 fully saturated rings. The first kappa shape index (κ1) is 23.3. The summed E-state index contributed by atoms with van der Waals surface area (Å²) in [7, 11) is 1.94. The van der Waals surface area contributed by atoms with Crippen molar-refractivity contribution in [1.29, 1.82) is 0 Å². The Morgan fingerprint density at radius 1 is 1.19 bits per heavy atom. The number of hydrogen-bond donors (Lipinski definition) is 1. The third-order valence-electron chi connectivity index (χ3n) is 5.15. The Morgan fingerprint density at radius 2 is 1.97 bits per heavy atom. The van der Waals surface area contributed by atoms with Gasteiger partial charge in [0.2, 0.25) is 0 Å². The molecule has 1 amide bonds. The monoisotopic (exact) mass is 555 g/mol. The second kappa shape index (κ2) is 10.8. The molecule has 1 aliphatic rings. The Hall–Kier alpha value is -2.41. The van der Waals surface area contributed by atoms with E-state index in [9.17, 15) is 4.79 Å². The molecule has 31 heavy (non-hydrogen) atoms. The number of carbonyl (C=O) groups is 1. The van der Waals surface area contributed by atoms with Crippen LogP contribution in [0.2, 0.25) is 0 Å². The molecule has 0 aliphatic carbocycles. The van der Waals surface area contributed by atoms with Gasteiger partial charge in [0.25, 0.3) is 5.91 Å². The maximum absolute atomic E-state index is 12.5. The van der Waals surface area contributed by atoms with Gasteiger partial charge in [0.05, 0.1) is 12.8 Å². The molecule has 9 nitrogen and oxygen atoms in total. The Kier molecular flexibility index (Phi) is 8.07. The van der Waals surface area contributed by atoms with Gasteiger partial charge < -0.3 is 24.1 Å². The van der Waals surface area contributed by atoms with Gasteiger partial charge in [0.1, 0.15) is 12.4 Å². The number of carbonyl (C=O) groups excluding carboxylic acids is 1. The van der Waals surface area contributed by atoms with Crippen LogP contribution in [0.25, 0.3) is 0 Å². The standard InChI is InChI=1S/C20H25N7O2S.HI/c1-15-23-24-18(25(15)2)14-22-20(21-13-16-5-4-12-30-16)27-9-7-26(8-10-27)19(28)17-6-3-11-29-17;/h3-6,11-12H,7-10,13-14H2,1-2H3,(H,21,22);1H. The van der Waals surface area contributed by atoms with Gasteiger partial charge >= 0.3 is 0 Å². The SMILES string of the molecule is Cc1nnc(CN=C(NCc2cccs2)N2CCN(C(=O)c3ccco3)CC2)n1C.I. The van der Waals surface area contributed by atoms with Gasteiger partial charge in [-0.15, -0.1) is 45.5 Å². The van der Waals surface area contributed by atoms with Crippen LogP contribution in [0.5, 0.6) is 0 Å². The molecule has 4 rings (SSSR count). The first-order chi connectivity index (χ1) is 14.6. The summed E-state index contributed by atoms with van der Waals surface area (Å²) in [5, 5.41) is 13.8. The molecule has 1 saturated heterocycles. The summed E-state index contributed by atoms with van der Waals surface area (Å²) >= 11 is 1.71. The molecule has 1 N–H and O–H groups in total. The summed E-state index contributed by atoms with van der Waals surface area (Å²) in [6, 6.07) is 7.57. The van der Waals surface area contributed by atoms with Crippen molar-refractivity contribution in [3.63, 3.8) is 0 Å². The molecular weight excluding hydrogens is 529 g/mol. The Bertz CT molecular complexity index is 993. The lowest BCUT2D eigenvalue weighted by molar-refractivity contribution is 0.0657. The molecule has 0 aromatic carbocycles. The number of aromatic nitrogens is 3. The van der Waals surface area contributed by atoms with Gasteiger partial charge in [0.15, 0.2) is 17.5 Å². The molecule has 0 bridgehead atoms. The number of amides is 1. The Labute approximate surface area is 202 Å². The summed E-state index contributed by atoms with van der Waals surface area (Å²) in [5.41, 5.74) is 0. The number of rotatable bonds is 5. The first-order valence-electron chi connectivity index (χ1n) is 9.85. The van der Waals surface area contributed by atoms with Crippen molar-refractivity contribution in [3.05, 3.63) is 58.2 Å². The summed E-state index contributed by atoms with van der Waals surface area (Å²) in [5.74, 6) is 2.80. The van der Waals surface area contributed by atoms with Crippen molar-refractivity contribution in [2.24, 2.45) is 12.0 Å². The highest BCUT2D eigenvalue weighted by Gasteiger charge is 2.25. The number of aryl methyl sites for hydroxylation is 1. The molecule has 0 spiro atoms. The lowest BCUT2D eigenvalue weighted by Crippen LogP contribution is -2.53. The quantitative estimate of drug-likeness (QED) is 0.296. The van der Waals surface area contributed by atoms with Crippen LogP contribution in [0.3, 0.4) is 0 Å². The van der Waals surface area contributed by atoms with E-state index in [0.29, 0.717) is 45.0 Å². The van der Waals surface area contributed by atoms with Gasteiger partial charge in [-0.1, -0.05) is 6.07 Å². The van der Waals surface area contributed by atoms with Gasteiger partial charge in [-0.2, -0.15) is 0 Å². The highest BCUT2D eigenvalue weighted by Crippen LogP contribution is 2.12. The maximum Gasteiger partial charge on any atom is 0.289 e. The summed E-state index contributed by atoms with van der Waals surface area (Å²) in [6.45, 7) is 5.69. The minimum absolute atomic E-state index is 0. The van der Waals surface area contributed by atoms with Crippen molar-refractivity contribution in [1.82, 2.24) is 29.9 Å². The van der Waals surface area contributed by atoms with E-state index in [1.54, 1.807) is 23.5 Å². The normalized spacial score (nSPS) is 14.5. The minimum Gasteiger partial charge on any atom is -0.459 e. The summed E-state index contributed by atoms with van der Waals surface area (Å²) in [6.07, 6.45) is 1.52. The number of nitrogens with zero attached hydrogens (tertiary/aromatic N) is 6. The maximum atomic E-state index is 12.5. The zero-order chi connectivity index (χ0) is 20.9. The fourth-order valence-electron chi connectivity index (χ4n) is 3.26. The van der Waals surface area contributed by atoms with E-state index < -0.39 is 0 Å². The van der Waals surface area contributed by atoms with Crippen molar-refractivity contribution in [2.75, 3.05) is 26.2 Å². The molecule has 0 unspecified atom stereocenters. The summed E-state index contributed by atoms with van der Waals surface area (Å²) in [4.78, 5) is 22.6. The second-order valence-corrected chi connectivity index (χ2v) is 8.08. The molecule has 11 heteroatoms. The van der Waals surface area contributed by atoms with Crippen LogP contribution in [-0.2, 0) is 20.1 Å². The topological polar surface area (TPSA) is 91.8 Å². The third-order valence-corrected chi connectivity index (χ3v) is 6.03. The number of nitrogens with one attached hydrogen (secondary N) is 1. The zero-order valence-corrected chi connectivity index (χ0v) is 20.7. The van der Waals surface area contributed by atoms with Gasteiger partial charge in [0, 0.05) is 38.1 Å². The van der Waals surface area contributed by atoms with Crippen LogP contribution in [0.4, 0.5) is 0 Å². The number of furan rings is 1. The second-order valence-electron chi connectivity index (χ2n) is 7.05. The van der Waals surface area contributed by atoms with E-state index in [2.05, 4.69) is 31.9 Å². The number of guanidine groups is 1. The molecule has 4 heterocycles. The van der Waals surface area contributed by atoms with E-state index in [0.717, 1.165) is 17.6 Å². The van der Waals surface area contributed by atoms with Crippen molar-refractivity contribution >= 4 is 47.2 Å². The predicted octanol–water partition coefficient (Wildman–Crippen LogP) is 2.50. The van der Waals surface area contributed by atoms with Crippen LogP contribution in [0.1, 0.15) is 27.1 Å². The van der Waals surface area contributed by atoms with E-state index >= 15 is 0 Å². The van der Waals surface area contributed by atoms with Crippen molar-refractivity contribution in [2.45, 2.75) is 20.0 Å². The Balaban J connectivity index is 0.00000272. The highest BCUT2D eigenvalue weighted by atomic mass is 127. The summed E-state index contributed by atoms with van der Waals surface area (Å²) < 4.78 is 7.19. The Morgan fingerprint density at radius 3 is 2.58 bits per heavy atom. The fourth-order valence-corrected chi connectivity index (χ4v) is 3.90. The molecular formula is C20H26IN7O2S. The van der Waals surface area contributed by atoms with Crippen LogP contribution in [0, 0.1) is 6.92 Å². The molecule has 1 aliphatic heterocycles. The van der Waals surface area contributed by atoms with Crippen LogP contribution >= 0.6 is 35.3 Å². The number of hydrogen-bond acceptors (Lipinski definition) is 6. The third kappa shape index (κ3) is 5.64.